The smallest absolute Gasteiger partial charge is 0.263 e. The zero-order chi connectivity index (χ0) is 18.0. The Bertz CT molecular complexity index is 944. The quantitative estimate of drug-likeness (QED) is 0.842. The van der Waals surface area contributed by atoms with Gasteiger partial charge in [0.1, 0.15) is 5.49 Å². The summed E-state index contributed by atoms with van der Waals surface area (Å²) < 4.78 is 26.9. The van der Waals surface area contributed by atoms with E-state index in [9.17, 15) is 13.2 Å². The van der Waals surface area contributed by atoms with E-state index in [2.05, 4.69) is 4.99 Å². The van der Waals surface area contributed by atoms with Gasteiger partial charge in [-0.3, -0.25) is 18.7 Å². The minimum Gasteiger partial charge on any atom is -0.270 e. The van der Waals surface area contributed by atoms with E-state index in [0.29, 0.717) is 29.7 Å². The number of aromatic nitrogens is 1. The fourth-order valence-corrected chi connectivity index (χ4v) is 4.38. The lowest BCUT2D eigenvalue weighted by atomic mass is 10.2. The molecule has 0 N–H and O–H groups in total. The first kappa shape index (κ1) is 17.4. The van der Waals surface area contributed by atoms with Crippen LogP contribution in [0.5, 0.6) is 0 Å². The molecule has 1 aliphatic heterocycles. The van der Waals surface area contributed by atoms with Crippen LogP contribution in [0.1, 0.15) is 30.6 Å². The Morgan fingerprint density at radius 2 is 1.84 bits per heavy atom. The van der Waals surface area contributed by atoms with Crippen LogP contribution in [0.4, 0.5) is 5.69 Å². The number of sulfonamides is 1. The molecule has 2 aromatic rings. The second-order valence-electron chi connectivity index (χ2n) is 6.25. The number of pyridine rings is 1. The monoisotopic (exact) mass is 359 g/mol. The molecule has 25 heavy (non-hydrogen) atoms. The number of rotatable bonds is 3. The van der Waals surface area contributed by atoms with E-state index >= 15 is 0 Å². The highest BCUT2D eigenvalue weighted by Gasteiger charge is 2.28. The van der Waals surface area contributed by atoms with Crippen molar-refractivity contribution in [3.63, 3.8) is 0 Å². The van der Waals surface area contributed by atoms with Crippen molar-refractivity contribution in [1.29, 1.82) is 0 Å². The number of hydrogen-bond acceptors (Lipinski definition) is 4. The molecular formula is C18H21N3O3S. The van der Waals surface area contributed by atoms with E-state index in [-0.39, 0.29) is 17.7 Å². The van der Waals surface area contributed by atoms with Crippen molar-refractivity contribution in [3.8, 4) is 0 Å². The van der Waals surface area contributed by atoms with E-state index in [1.165, 1.54) is 8.87 Å². The van der Waals surface area contributed by atoms with Crippen molar-refractivity contribution in [2.45, 2.75) is 26.3 Å². The summed E-state index contributed by atoms with van der Waals surface area (Å²) in [5, 5.41) is 0. The van der Waals surface area contributed by atoms with Crippen molar-refractivity contribution < 1.29 is 13.2 Å². The highest BCUT2D eigenvalue weighted by Crippen LogP contribution is 2.24. The molecule has 7 heteroatoms. The van der Waals surface area contributed by atoms with E-state index in [1.54, 1.807) is 42.6 Å². The van der Waals surface area contributed by atoms with E-state index < -0.39 is 10.0 Å². The normalized spacial score (nSPS) is 17.2. The molecule has 3 rings (SSSR count). The maximum Gasteiger partial charge on any atom is 0.263 e. The van der Waals surface area contributed by atoms with Crippen molar-refractivity contribution in [2.75, 3.05) is 16.6 Å². The number of carbonyl (C=O) groups excluding carboxylic acids is 1. The SMILES string of the molecule is CC(C)N=c1ccccn1C(=O)c1ccc(N2CCCS2(=O)=O)cc1. The number of carbonyl (C=O) groups is 1. The number of hydrogen-bond donors (Lipinski definition) is 0. The van der Waals surface area contributed by atoms with Gasteiger partial charge in [0.15, 0.2) is 0 Å². The Morgan fingerprint density at radius 3 is 2.44 bits per heavy atom. The van der Waals surface area contributed by atoms with Crippen LogP contribution in [-0.2, 0) is 10.0 Å². The summed E-state index contributed by atoms with van der Waals surface area (Å²) >= 11 is 0. The van der Waals surface area contributed by atoms with Gasteiger partial charge in [-0.15, -0.1) is 0 Å². The summed E-state index contributed by atoms with van der Waals surface area (Å²) in [6.07, 6.45) is 2.31. The molecule has 0 unspecified atom stereocenters. The standard InChI is InChI=1S/C18H21N3O3S/c1-14(2)19-17-6-3-4-11-20(17)18(22)15-7-9-16(10-8-15)21-12-5-13-25(21,23)24/h3-4,6-11,14H,5,12-13H2,1-2H3. The average Bonchev–Trinajstić information content (AvgIpc) is 2.93. The molecule has 0 saturated carbocycles. The minimum atomic E-state index is -3.22. The second kappa shape index (κ2) is 6.84. The van der Waals surface area contributed by atoms with E-state index in [1.807, 2.05) is 19.9 Å². The lowest BCUT2D eigenvalue weighted by Crippen LogP contribution is -2.28. The first-order valence-electron chi connectivity index (χ1n) is 8.25. The van der Waals surface area contributed by atoms with Crippen LogP contribution < -0.4 is 9.79 Å². The van der Waals surface area contributed by atoms with Crippen molar-refractivity contribution in [2.24, 2.45) is 4.99 Å². The zero-order valence-electron chi connectivity index (χ0n) is 14.3. The fourth-order valence-electron chi connectivity index (χ4n) is 2.81. The Labute approximate surface area is 147 Å². The van der Waals surface area contributed by atoms with Crippen molar-refractivity contribution in [3.05, 3.63) is 59.7 Å². The topological polar surface area (TPSA) is 71.7 Å². The lowest BCUT2D eigenvalue weighted by molar-refractivity contribution is 0.0954. The molecule has 132 valence electrons. The first-order valence-corrected chi connectivity index (χ1v) is 9.86. The molecule has 2 heterocycles. The lowest BCUT2D eigenvalue weighted by Gasteiger charge is -2.17. The zero-order valence-corrected chi connectivity index (χ0v) is 15.1. The van der Waals surface area contributed by atoms with Crippen LogP contribution in [0.15, 0.2) is 53.7 Å². The summed E-state index contributed by atoms with van der Waals surface area (Å²) in [7, 11) is -3.22. The van der Waals surface area contributed by atoms with Crippen LogP contribution in [0.3, 0.4) is 0 Å². The second-order valence-corrected chi connectivity index (χ2v) is 8.26. The van der Waals surface area contributed by atoms with Gasteiger partial charge in [-0.2, -0.15) is 0 Å². The Hall–Kier alpha value is -2.41. The average molecular weight is 359 g/mol. The van der Waals surface area contributed by atoms with Gasteiger partial charge in [-0.25, -0.2) is 8.42 Å². The van der Waals surface area contributed by atoms with Gasteiger partial charge < -0.3 is 0 Å². The molecule has 0 aliphatic carbocycles. The fraction of sp³-hybridized carbons (Fsp3) is 0.333. The van der Waals surface area contributed by atoms with E-state index in [0.717, 1.165) is 0 Å². The van der Waals surface area contributed by atoms with Crippen molar-refractivity contribution in [1.82, 2.24) is 4.57 Å². The third-order valence-electron chi connectivity index (χ3n) is 3.95. The molecule has 0 atom stereocenters. The molecule has 1 aromatic heterocycles. The Balaban J connectivity index is 1.93. The van der Waals surface area contributed by atoms with Crippen LogP contribution in [0.2, 0.25) is 0 Å². The number of benzene rings is 1. The largest absolute Gasteiger partial charge is 0.270 e. The van der Waals surface area contributed by atoms with Crippen LogP contribution in [-0.4, -0.2) is 37.2 Å². The summed E-state index contributed by atoms with van der Waals surface area (Å²) in [6, 6.07) is 12.2. The van der Waals surface area contributed by atoms with Crippen molar-refractivity contribution >= 4 is 21.6 Å². The molecule has 6 nitrogen and oxygen atoms in total. The third kappa shape index (κ3) is 3.66. The molecule has 0 radical (unpaired) electrons. The molecule has 0 bridgehead atoms. The maximum atomic E-state index is 12.8. The predicted octanol–water partition coefficient (Wildman–Crippen LogP) is 2.03. The van der Waals surface area contributed by atoms with Gasteiger partial charge in [0.05, 0.1) is 11.4 Å². The third-order valence-corrected chi connectivity index (χ3v) is 5.82. The van der Waals surface area contributed by atoms with Gasteiger partial charge in [-0.1, -0.05) is 6.07 Å². The summed E-state index contributed by atoms with van der Waals surface area (Å²) in [5.41, 5.74) is 1.67. The first-order chi connectivity index (χ1) is 11.9. The van der Waals surface area contributed by atoms with Crippen LogP contribution >= 0.6 is 0 Å². The number of nitrogens with zero attached hydrogens (tertiary/aromatic N) is 3. The van der Waals surface area contributed by atoms with Gasteiger partial charge in [-0.05, 0) is 56.7 Å². The van der Waals surface area contributed by atoms with Gasteiger partial charge >= 0.3 is 0 Å². The molecule has 1 saturated heterocycles. The molecule has 1 fully saturated rings. The van der Waals surface area contributed by atoms with Gasteiger partial charge in [0.25, 0.3) is 5.91 Å². The Morgan fingerprint density at radius 1 is 1.12 bits per heavy atom. The summed E-state index contributed by atoms with van der Waals surface area (Å²) in [4.78, 5) is 17.2. The summed E-state index contributed by atoms with van der Waals surface area (Å²) in [5.74, 6) is -0.0241. The minimum absolute atomic E-state index is 0.0733. The maximum absolute atomic E-state index is 12.8. The molecule has 0 amide bonds. The van der Waals surface area contributed by atoms with Gasteiger partial charge in [0.2, 0.25) is 10.0 Å². The predicted molar refractivity (Wildman–Crippen MR) is 97.1 cm³/mol. The summed E-state index contributed by atoms with van der Waals surface area (Å²) in [6.45, 7) is 4.39. The van der Waals surface area contributed by atoms with Crippen LogP contribution in [0, 0.1) is 0 Å². The highest BCUT2D eigenvalue weighted by atomic mass is 32.2. The van der Waals surface area contributed by atoms with E-state index in [4.69, 9.17) is 0 Å². The van der Waals surface area contributed by atoms with Crippen LogP contribution in [0.25, 0.3) is 0 Å². The highest BCUT2D eigenvalue weighted by molar-refractivity contribution is 7.93. The molecule has 0 spiro atoms. The molecular weight excluding hydrogens is 338 g/mol. The Kier molecular flexibility index (Phi) is 4.76. The molecule has 1 aliphatic rings. The molecule has 1 aromatic carbocycles. The number of anilines is 1. The van der Waals surface area contributed by atoms with Gasteiger partial charge in [0, 0.05) is 24.3 Å².